The highest BCUT2D eigenvalue weighted by molar-refractivity contribution is 5.95. The van der Waals surface area contributed by atoms with Crippen molar-refractivity contribution in [2.75, 3.05) is 11.9 Å². The molecule has 2 N–H and O–H groups in total. The van der Waals surface area contributed by atoms with Gasteiger partial charge >= 0.3 is 5.97 Å². The van der Waals surface area contributed by atoms with Crippen LogP contribution in [0.15, 0.2) is 24.0 Å². The van der Waals surface area contributed by atoms with Gasteiger partial charge in [-0.3, -0.25) is 4.98 Å². The third-order valence-electron chi connectivity index (χ3n) is 1.93. The Hall–Kier alpha value is -1.84. The van der Waals surface area contributed by atoms with Crippen molar-refractivity contribution in [2.24, 2.45) is 0 Å². The average molecular weight is 176 g/mol. The molecule has 1 aromatic rings. The molecule has 13 heavy (non-hydrogen) atoms. The minimum Gasteiger partial charge on any atom is -0.478 e. The van der Waals surface area contributed by atoms with Crippen LogP contribution in [0.4, 0.5) is 5.69 Å². The molecule has 0 amide bonds. The number of hydrogen-bond acceptors (Lipinski definition) is 3. The molecule has 1 aliphatic rings. The summed E-state index contributed by atoms with van der Waals surface area (Å²) in [4.78, 5) is 14.5. The quantitative estimate of drug-likeness (QED) is 0.669. The molecule has 1 aromatic heterocycles. The van der Waals surface area contributed by atoms with Crippen LogP contribution in [-0.4, -0.2) is 22.6 Å². The second-order valence-electron chi connectivity index (χ2n) is 2.79. The van der Waals surface area contributed by atoms with E-state index >= 15 is 0 Å². The highest BCUT2D eigenvalue weighted by Crippen LogP contribution is 2.21. The molecule has 0 aromatic carbocycles. The Balaban J connectivity index is 2.44. The molecule has 0 atom stereocenters. The van der Waals surface area contributed by atoms with E-state index in [2.05, 4.69) is 10.3 Å². The summed E-state index contributed by atoms with van der Waals surface area (Å²) in [6.07, 6.45) is 4.96. The SMILES string of the molecule is O=C(O)C1=Cc2cnccc2NC1. The van der Waals surface area contributed by atoms with E-state index in [-0.39, 0.29) is 0 Å². The van der Waals surface area contributed by atoms with Crippen LogP contribution in [0.2, 0.25) is 0 Å². The summed E-state index contributed by atoms with van der Waals surface area (Å²) in [5, 5.41) is 11.7. The van der Waals surface area contributed by atoms with Crippen molar-refractivity contribution < 1.29 is 9.90 Å². The Labute approximate surface area is 74.9 Å². The Morgan fingerprint density at radius 2 is 2.46 bits per heavy atom. The zero-order chi connectivity index (χ0) is 9.26. The van der Waals surface area contributed by atoms with E-state index in [4.69, 9.17) is 5.11 Å². The van der Waals surface area contributed by atoms with Gasteiger partial charge in [0.1, 0.15) is 0 Å². The van der Waals surface area contributed by atoms with Gasteiger partial charge in [-0.15, -0.1) is 0 Å². The van der Waals surface area contributed by atoms with E-state index in [1.165, 1.54) is 0 Å². The molecule has 2 heterocycles. The molecule has 4 nitrogen and oxygen atoms in total. The number of hydrogen-bond donors (Lipinski definition) is 2. The van der Waals surface area contributed by atoms with Gasteiger partial charge in [0, 0.05) is 30.2 Å². The maximum Gasteiger partial charge on any atom is 0.333 e. The topological polar surface area (TPSA) is 62.2 Å². The van der Waals surface area contributed by atoms with Crippen LogP contribution in [0.1, 0.15) is 5.56 Å². The molecule has 2 rings (SSSR count). The third-order valence-corrected chi connectivity index (χ3v) is 1.93. The van der Waals surface area contributed by atoms with Crippen LogP contribution < -0.4 is 5.32 Å². The van der Waals surface area contributed by atoms with Gasteiger partial charge in [0.2, 0.25) is 0 Å². The van der Waals surface area contributed by atoms with Crippen LogP contribution in [0.25, 0.3) is 6.08 Å². The lowest BCUT2D eigenvalue weighted by Crippen LogP contribution is -2.16. The number of aliphatic carboxylic acids is 1. The van der Waals surface area contributed by atoms with Gasteiger partial charge in [0.15, 0.2) is 0 Å². The van der Waals surface area contributed by atoms with Crippen LogP contribution in [0.5, 0.6) is 0 Å². The average Bonchev–Trinajstić information content (AvgIpc) is 2.17. The number of carboxylic acids is 1. The first-order valence-corrected chi connectivity index (χ1v) is 3.89. The molecule has 0 saturated carbocycles. The second-order valence-corrected chi connectivity index (χ2v) is 2.79. The fraction of sp³-hybridized carbons (Fsp3) is 0.111. The van der Waals surface area contributed by atoms with Crippen molar-refractivity contribution >= 4 is 17.7 Å². The summed E-state index contributed by atoms with van der Waals surface area (Å²) < 4.78 is 0. The normalized spacial score (nSPS) is 14.0. The van der Waals surface area contributed by atoms with Crippen molar-refractivity contribution in [3.63, 3.8) is 0 Å². The molecule has 0 radical (unpaired) electrons. The molecule has 0 saturated heterocycles. The van der Waals surface area contributed by atoms with Gasteiger partial charge in [0.05, 0.1) is 5.57 Å². The number of nitrogens with one attached hydrogen (secondary N) is 1. The molecule has 1 aliphatic heterocycles. The van der Waals surface area contributed by atoms with Crippen molar-refractivity contribution in [3.8, 4) is 0 Å². The summed E-state index contributed by atoms with van der Waals surface area (Å²) in [7, 11) is 0. The molecule has 0 bridgehead atoms. The molecule has 4 heteroatoms. The number of rotatable bonds is 1. The van der Waals surface area contributed by atoms with Gasteiger partial charge in [-0.2, -0.15) is 0 Å². The summed E-state index contributed by atoms with van der Waals surface area (Å²) in [5.41, 5.74) is 2.12. The van der Waals surface area contributed by atoms with Gasteiger partial charge < -0.3 is 10.4 Å². The Bertz CT molecular complexity index is 385. The van der Waals surface area contributed by atoms with Gasteiger partial charge in [0.25, 0.3) is 0 Å². The minimum absolute atomic E-state index is 0.362. The van der Waals surface area contributed by atoms with Crippen molar-refractivity contribution in [3.05, 3.63) is 29.6 Å². The van der Waals surface area contributed by atoms with E-state index < -0.39 is 5.97 Å². The number of carboxylic acid groups (broad SMARTS) is 1. The number of anilines is 1. The molecule has 0 aliphatic carbocycles. The van der Waals surface area contributed by atoms with Crippen LogP contribution >= 0.6 is 0 Å². The highest BCUT2D eigenvalue weighted by atomic mass is 16.4. The fourth-order valence-electron chi connectivity index (χ4n) is 1.25. The van der Waals surface area contributed by atoms with E-state index in [1.807, 2.05) is 6.07 Å². The highest BCUT2D eigenvalue weighted by Gasteiger charge is 2.13. The smallest absolute Gasteiger partial charge is 0.333 e. The van der Waals surface area contributed by atoms with Crippen molar-refractivity contribution in [1.82, 2.24) is 4.98 Å². The van der Waals surface area contributed by atoms with Crippen LogP contribution in [0, 0.1) is 0 Å². The van der Waals surface area contributed by atoms with E-state index in [0.717, 1.165) is 11.3 Å². The lowest BCUT2D eigenvalue weighted by Gasteiger charge is -2.15. The summed E-state index contributed by atoms with van der Waals surface area (Å²) >= 11 is 0. The predicted molar refractivity (Wildman–Crippen MR) is 48.3 cm³/mol. The largest absolute Gasteiger partial charge is 0.478 e. The van der Waals surface area contributed by atoms with Crippen LogP contribution in [0.3, 0.4) is 0 Å². The first-order valence-electron chi connectivity index (χ1n) is 3.89. The van der Waals surface area contributed by atoms with Crippen molar-refractivity contribution in [1.29, 1.82) is 0 Å². The lowest BCUT2D eigenvalue weighted by atomic mass is 10.1. The monoisotopic (exact) mass is 176 g/mol. The fourth-order valence-corrected chi connectivity index (χ4v) is 1.25. The molecule has 66 valence electrons. The van der Waals surface area contributed by atoms with Crippen LogP contribution in [-0.2, 0) is 4.79 Å². The summed E-state index contributed by atoms with van der Waals surface area (Å²) in [6.45, 7) is 0.367. The number of carbonyl (C=O) groups is 1. The predicted octanol–water partition coefficient (Wildman–Crippen LogP) is 0.975. The zero-order valence-electron chi connectivity index (χ0n) is 6.82. The third kappa shape index (κ3) is 1.38. The van der Waals surface area contributed by atoms with E-state index in [1.54, 1.807) is 18.5 Å². The molecular formula is C9H8N2O2. The maximum atomic E-state index is 10.6. The van der Waals surface area contributed by atoms with Gasteiger partial charge in [-0.25, -0.2) is 4.79 Å². The summed E-state index contributed by atoms with van der Waals surface area (Å²) in [6, 6.07) is 1.82. The van der Waals surface area contributed by atoms with Crippen molar-refractivity contribution in [2.45, 2.75) is 0 Å². The Morgan fingerprint density at radius 3 is 3.23 bits per heavy atom. The first-order chi connectivity index (χ1) is 6.27. The molecular weight excluding hydrogens is 168 g/mol. The second kappa shape index (κ2) is 2.90. The van der Waals surface area contributed by atoms with Gasteiger partial charge in [-0.05, 0) is 12.1 Å². The van der Waals surface area contributed by atoms with Gasteiger partial charge in [-0.1, -0.05) is 0 Å². The van der Waals surface area contributed by atoms with E-state index in [9.17, 15) is 4.79 Å². The zero-order valence-corrected chi connectivity index (χ0v) is 6.82. The molecule has 0 fully saturated rings. The number of fused-ring (bicyclic) bond motifs is 1. The lowest BCUT2D eigenvalue weighted by molar-refractivity contribution is -0.132. The summed E-state index contributed by atoms with van der Waals surface area (Å²) in [5.74, 6) is -0.887. The minimum atomic E-state index is -0.887. The number of nitrogens with zero attached hydrogens (tertiary/aromatic N) is 1. The molecule has 0 spiro atoms. The standard InChI is InChI=1S/C9H8N2O2/c12-9(13)7-3-6-4-10-2-1-8(6)11-5-7/h1-4,11H,5H2,(H,12,13). The van der Waals surface area contributed by atoms with E-state index in [0.29, 0.717) is 12.1 Å². The number of pyridine rings is 1. The molecule has 0 unspecified atom stereocenters. The maximum absolute atomic E-state index is 10.6. The Morgan fingerprint density at radius 1 is 1.62 bits per heavy atom. The Kier molecular flexibility index (Phi) is 1.73. The number of aromatic nitrogens is 1. The first kappa shape index (κ1) is 7.79.